The number of benzene rings is 2. The Morgan fingerprint density at radius 1 is 1.23 bits per heavy atom. The summed E-state index contributed by atoms with van der Waals surface area (Å²) >= 11 is 5.89. The lowest BCUT2D eigenvalue weighted by Gasteiger charge is -2.14. The minimum absolute atomic E-state index is 0.118. The number of aryl methyl sites for hydroxylation is 1. The van der Waals surface area contributed by atoms with Gasteiger partial charge in [0.2, 0.25) is 5.43 Å². The Hall–Kier alpha value is -0.610. The van der Waals surface area contributed by atoms with Crippen molar-refractivity contribution in [3.05, 3.63) is 44.2 Å². The van der Waals surface area contributed by atoms with Gasteiger partial charge in [-0.1, -0.05) is 0 Å². The second-order valence-corrected chi connectivity index (χ2v) is 8.02. The van der Waals surface area contributed by atoms with Crippen LogP contribution in [0, 0.1) is 29.0 Å². The van der Waals surface area contributed by atoms with Gasteiger partial charge in [0.05, 0.1) is 12.7 Å². The molecule has 1 aromatic rings. The number of fused-ring (bicyclic) bond motifs is 2. The topological polar surface area (TPSA) is 74.2 Å². The third-order valence-electron chi connectivity index (χ3n) is 3.37. The van der Waals surface area contributed by atoms with E-state index in [0.29, 0.717) is 44.1 Å². The monoisotopic (exact) mass is 629 g/mol. The summed E-state index contributed by atoms with van der Waals surface area (Å²) in [4.78, 5) is 12.1. The van der Waals surface area contributed by atoms with Crippen LogP contribution in [0.25, 0.3) is 22.3 Å². The summed E-state index contributed by atoms with van der Waals surface area (Å²) in [5.41, 5.74) is 2.04. The third kappa shape index (κ3) is 2.30. The molecule has 1 N–H and O–H groups in total. The predicted molar refractivity (Wildman–Crippen MR) is 108 cm³/mol. The first-order valence-electron chi connectivity index (χ1n) is 6.03. The van der Waals surface area contributed by atoms with Crippen LogP contribution in [-0.4, -0.2) is 5.11 Å². The fourth-order valence-corrected chi connectivity index (χ4v) is 4.89. The molecule has 0 amide bonds. The average Bonchev–Trinajstić information content (AvgIpc) is 2.49. The maximum atomic E-state index is 12.1. The van der Waals surface area contributed by atoms with E-state index in [9.17, 15) is 15.2 Å². The Morgan fingerprint density at radius 2 is 1.91 bits per heavy atom. The third-order valence-corrected chi connectivity index (χ3v) is 6.15. The molecule has 0 atom stereocenters. The van der Waals surface area contributed by atoms with Crippen LogP contribution >= 0.6 is 67.8 Å². The molecule has 0 bridgehead atoms. The highest BCUT2D eigenvalue weighted by Gasteiger charge is 2.24. The van der Waals surface area contributed by atoms with E-state index in [1.54, 1.807) is 19.1 Å². The zero-order chi connectivity index (χ0) is 16.2. The lowest BCUT2D eigenvalue weighted by molar-refractivity contribution is 0.466. The van der Waals surface area contributed by atoms with Crippen molar-refractivity contribution in [2.45, 2.75) is 6.92 Å². The second-order valence-electron chi connectivity index (χ2n) is 4.70. The maximum Gasteiger partial charge on any atom is 0.209 e. The lowest BCUT2D eigenvalue weighted by atomic mass is 9.99. The molecule has 0 fully saturated rings. The number of halogens is 3. The molecule has 4 nitrogen and oxygen atoms in total. The van der Waals surface area contributed by atoms with E-state index in [2.05, 4.69) is 6.07 Å². The predicted octanol–water partition coefficient (Wildman–Crippen LogP) is 4.60. The van der Waals surface area contributed by atoms with Crippen molar-refractivity contribution < 1.29 is 9.52 Å². The summed E-state index contributed by atoms with van der Waals surface area (Å²) < 4.78 is 7.41. The van der Waals surface area contributed by atoms with Crippen molar-refractivity contribution >= 4 is 78.7 Å². The number of rotatable bonds is 0. The summed E-state index contributed by atoms with van der Waals surface area (Å²) in [5, 5.41) is 20.3. The number of hydrogen-bond donors (Lipinski definition) is 1. The van der Waals surface area contributed by atoms with Crippen LogP contribution in [0.15, 0.2) is 21.3 Å². The number of nitriles is 1. The normalized spacial score (nSPS) is 11.0. The van der Waals surface area contributed by atoms with Crippen molar-refractivity contribution in [2.24, 2.45) is 0 Å². The minimum atomic E-state index is -0.118. The summed E-state index contributed by atoms with van der Waals surface area (Å²) in [6, 6.07) is 5.62. The summed E-state index contributed by atoms with van der Waals surface area (Å²) in [7, 11) is 0. The van der Waals surface area contributed by atoms with Gasteiger partial charge in [0.15, 0.2) is 11.3 Å². The highest BCUT2D eigenvalue weighted by atomic mass is 127. The molecule has 0 radical (unpaired) electrons. The quantitative estimate of drug-likeness (QED) is 0.292. The maximum absolute atomic E-state index is 12.1. The molecule has 110 valence electrons. The van der Waals surface area contributed by atoms with E-state index in [1.807, 2.05) is 67.8 Å². The molecule has 1 aliphatic carbocycles. The van der Waals surface area contributed by atoms with Crippen LogP contribution in [0.3, 0.4) is 0 Å². The van der Waals surface area contributed by atoms with Gasteiger partial charge < -0.3 is 9.52 Å². The second kappa shape index (κ2) is 5.79. The van der Waals surface area contributed by atoms with Crippen LogP contribution in [0.2, 0.25) is 0 Å². The van der Waals surface area contributed by atoms with Gasteiger partial charge in [-0.15, -0.1) is 0 Å². The number of hydrogen-bond acceptors (Lipinski definition) is 4. The van der Waals surface area contributed by atoms with Gasteiger partial charge in [0.25, 0.3) is 0 Å². The molecule has 0 aromatic heterocycles. The molecule has 7 heteroatoms. The Morgan fingerprint density at radius 3 is 2.55 bits per heavy atom. The molecule has 0 spiro atoms. The van der Waals surface area contributed by atoms with Crippen molar-refractivity contribution in [1.29, 1.82) is 5.26 Å². The van der Waals surface area contributed by atoms with E-state index in [0.717, 1.165) is 0 Å². The van der Waals surface area contributed by atoms with Crippen molar-refractivity contribution in [2.75, 3.05) is 0 Å². The molecule has 1 aliphatic heterocycles. The molecule has 3 rings (SSSR count). The van der Waals surface area contributed by atoms with Gasteiger partial charge >= 0.3 is 0 Å². The summed E-state index contributed by atoms with van der Waals surface area (Å²) in [6.07, 6.45) is 0. The van der Waals surface area contributed by atoms with Gasteiger partial charge in [-0.05, 0) is 92.4 Å². The van der Waals surface area contributed by atoms with E-state index in [1.165, 1.54) is 0 Å². The van der Waals surface area contributed by atoms with Gasteiger partial charge in [-0.25, -0.2) is 0 Å². The minimum Gasteiger partial charge on any atom is -0.506 e. The van der Waals surface area contributed by atoms with Gasteiger partial charge in [-0.2, -0.15) is 5.26 Å². The number of nitrogens with zero attached hydrogens (tertiary/aromatic N) is 1. The van der Waals surface area contributed by atoms with Crippen LogP contribution in [-0.2, 0) is 0 Å². The Kier molecular flexibility index (Phi) is 4.28. The number of phenols is 1. The standard InChI is InChI=1S/C15H6I3NO3/c1-5-2-6-8(4-19)7-3-9(16)13(21)11(18)15(7)22-14(6)10(17)12(5)20/h2-3,20H,1H3. The molecule has 1 aromatic carbocycles. The van der Waals surface area contributed by atoms with Gasteiger partial charge in [0.1, 0.15) is 15.4 Å². The van der Waals surface area contributed by atoms with E-state index < -0.39 is 0 Å². The first kappa shape index (κ1) is 16.3. The largest absolute Gasteiger partial charge is 0.506 e. The van der Waals surface area contributed by atoms with Crippen molar-refractivity contribution in [3.63, 3.8) is 0 Å². The highest BCUT2D eigenvalue weighted by Crippen LogP contribution is 2.40. The van der Waals surface area contributed by atoms with Gasteiger partial charge in [0, 0.05) is 10.9 Å². The Labute approximate surface area is 166 Å². The highest BCUT2D eigenvalue weighted by molar-refractivity contribution is 14.1. The van der Waals surface area contributed by atoms with Crippen LogP contribution in [0.5, 0.6) is 5.75 Å². The van der Waals surface area contributed by atoms with Crippen LogP contribution < -0.4 is 5.43 Å². The molecule has 0 saturated carbocycles. The molecule has 22 heavy (non-hydrogen) atoms. The average molecular weight is 629 g/mol. The summed E-state index contributed by atoms with van der Waals surface area (Å²) in [6.45, 7) is 1.77. The van der Waals surface area contributed by atoms with Crippen molar-refractivity contribution in [1.82, 2.24) is 0 Å². The molecular formula is C15H6I3NO3. The molecule has 0 saturated heterocycles. The van der Waals surface area contributed by atoms with Crippen molar-refractivity contribution in [3.8, 4) is 23.1 Å². The van der Waals surface area contributed by atoms with E-state index in [-0.39, 0.29) is 11.2 Å². The van der Waals surface area contributed by atoms with Crippen LogP contribution in [0.4, 0.5) is 0 Å². The Balaban J connectivity index is 2.68. The molecule has 2 aliphatic rings. The smallest absolute Gasteiger partial charge is 0.209 e. The van der Waals surface area contributed by atoms with Gasteiger partial charge in [-0.3, -0.25) is 4.79 Å². The zero-order valence-corrected chi connectivity index (χ0v) is 17.5. The lowest BCUT2D eigenvalue weighted by Crippen LogP contribution is -2.12. The zero-order valence-electron chi connectivity index (χ0n) is 11.0. The molecule has 1 heterocycles. The fourth-order valence-electron chi connectivity index (χ4n) is 2.27. The fraction of sp³-hybridized carbons (Fsp3) is 0.0667. The number of aromatic hydroxyl groups is 1. The SMILES string of the molecule is Cc1cc2c(C#N)c3cc(I)c(=O)c(I)c-3oc2c(I)c1O. The first-order chi connectivity index (χ1) is 10.4. The molecule has 0 unspecified atom stereocenters. The first-order valence-corrected chi connectivity index (χ1v) is 9.27. The van der Waals surface area contributed by atoms with E-state index in [4.69, 9.17) is 4.42 Å². The summed E-state index contributed by atoms with van der Waals surface area (Å²) in [5.74, 6) is 0.513. The van der Waals surface area contributed by atoms with Crippen LogP contribution in [0.1, 0.15) is 11.1 Å². The number of phenolic OH excluding ortho intramolecular Hbond substituents is 1. The van der Waals surface area contributed by atoms with E-state index >= 15 is 0 Å². The Bertz CT molecular complexity index is 1020. The molecular weight excluding hydrogens is 623 g/mol.